The third-order valence-electron chi connectivity index (χ3n) is 13.2. The highest BCUT2D eigenvalue weighted by Gasteiger charge is 2.27. The average molecular weight is 1090 g/mol. The van der Waals surface area contributed by atoms with Crippen molar-refractivity contribution in [3.05, 3.63) is 143 Å². The van der Waals surface area contributed by atoms with Crippen molar-refractivity contribution in [3.8, 4) is 22.5 Å². The van der Waals surface area contributed by atoms with Crippen molar-refractivity contribution in [2.75, 3.05) is 0 Å². The fraction of sp³-hybridized carbons (Fsp3) is 0.562. The predicted octanol–water partition coefficient (Wildman–Crippen LogP) is 22.3. The van der Waals surface area contributed by atoms with E-state index in [9.17, 15) is 0 Å². The molecule has 4 aromatic carbocycles. The van der Waals surface area contributed by atoms with Crippen LogP contribution in [0.15, 0.2) is 102 Å². The SMILES string of the molecule is CC.CC.CC.CC.CC(C)(C)C1=Nc2cc(C(C)(C)C)ccc2C1.CC(C)(C)c1ccc(-c2cnc(C(C)(C)C)[nH]2)cc1.CC(C)(C)c1ccc(-c2cnc(C(C)(C)C)[nH]2)cc1.CC(C)(C)c1ccc2nc(C(C)(C)C)[nH]c2c1. The van der Waals surface area contributed by atoms with Gasteiger partial charge in [0.05, 0.1) is 40.5 Å². The van der Waals surface area contributed by atoms with Crippen LogP contribution in [0.5, 0.6) is 0 Å². The summed E-state index contributed by atoms with van der Waals surface area (Å²) in [6.07, 6.45) is 4.86. The first-order valence-electron chi connectivity index (χ1n) is 30.3. The first-order chi connectivity index (χ1) is 36.7. The number of benzene rings is 4. The van der Waals surface area contributed by atoms with Crippen LogP contribution in [0.25, 0.3) is 33.5 Å². The molecule has 3 aromatic heterocycles. The Kier molecular flexibility index (Phi) is 26.7. The van der Waals surface area contributed by atoms with Gasteiger partial charge in [-0.3, -0.25) is 4.99 Å². The lowest BCUT2D eigenvalue weighted by Crippen LogP contribution is -2.19. The van der Waals surface area contributed by atoms with Gasteiger partial charge in [0.2, 0.25) is 0 Å². The molecule has 0 spiro atoms. The summed E-state index contributed by atoms with van der Waals surface area (Å²) in [4.78, 5) is 28.7. The summed E-state index contributed by atoms with van der Waals surface area (Å²) >= 11 is 0. The third-order valence-corrected chi connectivity index (χ3v) is 13.2. The van der Waals surface area contributed by atoms with Crippen molar-refractivity contribution in [1.82, 2.24) is 29.9 Å². The maximum atomic E-state index is 4.81. The lowest BCUT2D eigenvalue weighted by Gasteiger charge is -2.19. The van der Waals surface area contributed by atoms with Crippen molar-refractivity contribution in [3.63, 3.8) is 0 Å². The van der Waals surface area contributed by atoms with E-state index >= 15 is 0 Å². The van der Waals surface area contributed by atoms with Gasteiger partial charge in [0.15, 0.2) is 0 Å². The number of aromatic amines is 3. The van der Waals surface area contributed by atoms with Crippen LogP contribution in [0, 0.1) is 5.41 Å². The van der Waals surface area contributed by atoms with Crippen molar-refractivity contribution in [2.24, 2.45) is 10.4 Å². The first kappa shape index (κ1) is 72.5. The second-order valence-corrected chi connectivity index (χ2v) is 28.3. The van der Waals surface area contributed by atoms with Gasteiger partial charge in [-0.15, -0.1) is 0 Å². The summed E-state index contributed by atoms with van der Waals surface area (Å²) < 4.78 is 0. The molecule has 0 amide bonds. The van der Waals surface area contributed by atoms with E-state index in [2.05, 4.69) is 281 Å². The van der Waals surface area contributed by atoms with Crippen LogP contribution in [0.1, 0.15) is 267 Å². The molecular formula is C73H117N7. The summed E-state index contributed by atoms with van der Waals surface area (Å²) in [5, 5.41) is 0. The van der Waals surface area contributed by atoms with Gasteiger partial charge in [-0.25, -0.2) is 15.0 Å². The van der Waals surface area contributed by atoms with Crippen LogP contribution in [-0.4, -0.2) is 35.6 Å². The molecule has 1 aliphatic heterocycles. The van der Waals surface area contributed by atoms with Gasteiger partial charge >= 0.3 is 0 Å². The van der Waals surface area contributed by atoms with Crippen LogP contribution in [-0.2, 0) is 44.3 Å². The summed E-state index contributed by atoms with van der Waals surface area (Å²) in [6.45, 7) is 69.1. The highest BCUT2D eigenvalue weighted by atomic mass is 14.9. The fourth-order valence-electron chi connectivity index (χ4n) is 7.91. The van der Waals surface area contributed by atoms with E-state index in [0.29, 0.717) is 0 Å². The number of imidazole rings is 3. The molecule has 0 atom stereocenters. The number of hydrogen-bond acceptors (Lipinski definition) is 4. The highest BCUT2D eigenvalue weighted by molar-refractivity contribution is 5.97. The van der Waals surface area contributed by atoms with Crippen molar-refractivity contribution < 1.29 is 0 Å². The van der Waals surface area contributed by atoms with E-state index in [1.165, 1.54) is 50.3 Å². The molecule has 7 aromatic rings. The number of rotatable bonds is 2. The molecule has 444 valence electrons. The standard InChI is InChI=1S/2C17H24N2.C16H23N.C15H22N2.4C2H6/c2*1-16(2,3)13-9-7-12(8-10-13)14-11-18-15(19-14)17(4,5)6;1-15(2,3)12-8-7-11-9-14(16(4,5)6)17-13(11)10-12;1-14(2,3)10-7-8-11-12(9-10)17-13(16-11)15(4,5)6;4*1-2/h2*7-11H,1-6H3,(H,18,19);7-8,10H,9H2,1-6H3;7-9H,1-6H3,(H,16,17);4*1-2H3. The molecule has 0 aliphatic carbocycles. The molecule has 80 heavy (non-hydrogen) atoms. The molecule has 0 bridgehead atoms. The van der Waals surface area contributed by atoms with Gasteiger partial charge in [-0.05, 0) is 78.8 Å². The zero-order valence-electron chi connectivity index (χ0n) is 57.2. The zero-order chi connectivity index (χ0) is 62.2. The number of nitrogens with one attached hydrogen (secondary N) is 3. The number of nitrogens with zero attached hydrogens (tertiary/aromatic N) is 4. The van der Waals surface area contributed by atoms with Gasteiger partial charge in [-0.2, -0.15) is 0 Å². The summed E-state index contributed by atoms with van der Waals surface area (Å²) in [5.74, 6) is 3.11. The molecule has 0 saturated heterocycles. The van der Waals surface area contributed by atoms with E-state index in [4.69, 9.17) is 4.99 Å². The quantitative estimate of drug-likeness (QED) is 0.161. The van der Waals surface area contributed by atoms with E-state index in [1.807, 2.05) is 67.8 Å². The normalized spacial score (nSPS) is 12.5. The molecule has 0 fully saturated rings. The molecule has 0 radical (unpaired) electrons. The Morgan fingerprint density at radius 1 is 0.338 bits per heavy atom. The molecule has 8 rings (SSSR count). The molecule has 4 heterocycles. The molecule has 1 aliphatic rings. The van der Waals surface area contributed by atoms with Gasteiger partial charge in [-0.1, -0.05) is 288 Å². The molecule has 7 heteroatoms. The minimum absolute atomic E-state index is 0.0591. The van der Waals surface area contributed by atoms with E-state index in [1.54, 1.807) is 0 Å². The maximum absolute atomic E-state index is 4.81. The highest BCUT2D eigenvalue weighted by Crippen LogP contribution is 2.37. The third kappa shape index (κ3) is 21.7. The second kappa shape index (κ2) is 29.4. The Bertz CT molecular complexity index is 2790. The van der Waals surface area contributed by atoms with Gasteiger partial charge < -0.3 is 15.0 Å². The van der Waals surface area contributed by atoms with Crippen LogP contribution in [0.4, 0.5) is 5.69 Å². The first-order valence-corrected chi connectivity index (χ1v) is 30.3. The number of hydrogen-bond donors (Lipinski definition) is 3. The van der Waals surface area contributed by atoms with Gasteiger partial charge in [0.25, 0.3) is 0 Å². The monoisotopic (exact) mass is 1090 g/mol. The van der Waals surface area contributed by atoms with E-state index < -0.39 is 0 Å². The minimum atomic E-state index is 0.0591. The van der Waals surface area contributed by atoms with Crippen LogP contribution in [0.3, 0.4) is 0 Å². The summed E-state index contributed by atoms with van der Waals surface area (Å²) in [5.41, 5.74) is 17.2. The topological polar surface area (TPSA) is 98.4 Å². The lowest BCUT2D eigenvalue weighted by atomic mass is 9.85. The van der Waals surface area contributed by atoms with E-state index in [-0.39, 0.29) is 43.3 Å². The molecule has 3 N–H and O–H groups in total. The van der Waals surface area contributed by atoms with Gasteiger partial charge in [0.1, 0.15) is 17.5 Å². The van der Waals surface area contributed by atoms with Gasteiger partial charge in [0, 0.05) is 33.8 Å². The summed E-state index contributed by atoms with van der Waals surface area (Å²) in [6, 6.07) is 30.7. The zero-order valence-corrected chi connectivity index (χ0v) is 57.2. The Morgan fingerprint density at radius 3 is 1.00 bits per heavy atom. The largest absolute Gasteiger partial charge is 0.342 e. The number of aromatic nitrogens is 6. The predicted molar refractivity (Wildman–Crippen MR) is 357 cm³/mol. The van der Waals surface area contributed by atoms with Crippen LogP contribution in [0.2, 0.25) is 0 Å². The smallest absolute Gasteiger partial charge is 0.112 e. The Hall–Kier alpha value is -5.56. The average Bonchev–Trinajstić information content (AvgIpc) is 4.22. The van der Waals surface area contributed by atoms with Crippen molar-refractivity contribution >= 4 is 22.4 Å². The van der Waals surface area contributed by atoms with Crippen LogP contribution < -0.4 is 0 Å². The Morgan fingerprint density at radius 2 is 0.675 bits per heavy atom. The minimum Gasteiger partial charge on any atom is -0.342 e. The molecule has 0 saturated carbocycles. The van der Waals surface area contributed by atoms with Crippen molar-refractivity contribution in [2.45, 2.75) is 266 Å². The Balaban J connectivity index is 0.000000511. The second-order valence-electron chi connectivity index (χ2n) is 28.3. The van der Waals surface area contributed by atoms with Crippen molar-refractivity contribution in [1.29, 1.82) is 0 Å². The lowest BCUT2D eigenvalue weighted by molar-refractivity contribution is 0.552. The molecule has 0 unspecified atom stereocenters. The maximum Gasteiger partial charge on any atom is 0.112 e. The molecule has 7 nitrogen and oxygen atoms in total. The summed E-state index contributed by atoms with van der Waals surface area (Å²) in [7, 11) is 0. The van der Waals surface area contributed by atoms with Crippen LogP contribution >= 0.6 is 0 Å². The number of H-pyrrole nitrogens is 3. The Labute approximate surface area is 491 Å². The molecular weight excluding hydrogens is 975 g/mol. The fourth-order valence-corrected chi connectivity index (χ4v) is 7.91. The number of aliphatic imine (C=N–C) groups is 1. The number of fused-ring (bicyclic) bond motifs is 2. The van der Waals surface area contributed by atoms with E-state index in [0.717, 1.165) is 46.3 Å².